The summed E-state index contributed by atoms with van der Waals surface area (Å²) in [6, 6.07) is 5.31. The zero-order valence-electron chi connectivity index (χ0n) is 18.4. The quantitative estimate of drug-likeness (QED) is 0.655. The van der Waals surface area contributed by atoms with Crippen LogP contribution in [0.1, 0.15) is 30.3 Å². The number of nitrogens with zero attached hydrogens (tertiary/aromatic N) is 3. The molecule has 1 unspecified atom stereocenters. The Morgan fingerprint density at radius 1 is 1.24 bits per heavy atom. The maximum atomic E-state index is 13.2. The highest BCUT2D eigenvalue weighted by atomic mass is 32.2. The van der Waals surface area contributed by atoms with Crippen LogP contribution in [0.25, 0.3) is 0 Å². The number of nitrogens with one attached hydrogen (secondary N) is 1. The molecule has 178 valence electrons. The molecule has 1 N–H and O–H groups in total. The van der Waals surface area contributed by atoms with Crippen LogP contribution in [0.15, 0.2) is 29.2 Å². The highest BCUT2D eigenvalue weighted by Gasteiger charge is 2.40. The molecular formula is C21H26N4O6S2. The molecule has 0 bridgehead atoms. The molecule has 0 radical (unpaired) electrons. The van der Waals surface area contributed by atoms with Crippen molar-refractivity contribution in [3.63, 3.8) is 0 Å². The van der Waals surface area contributed by atoms with Crippen molar-refractivity contribution in [2.24, 2.45) is 0 Å². The number of sulfonamides is 1. The zero-order valence-corrected chi connectivity index (χ0v) is 20.1. The molecule has 10 nitrogen and oxygen atoms in total. The maximum absolute atomic E-state index is 13.2. The van der Waals surface area contributed by atoms with E-state index >= 15 is 0 Å². The van der Waals surface area contributed by atoms with Gasteiger partial charge in [0.25, 0.3) is 0 Å². The lowest BCUT2D eigenvalue weighted by Crippen LogP contribution is -2.43. The molecule has 1 saturated heterocycles. The predicted molar refractivity (Wildman–Crippen MR) is 122 cm³/mol. The third kappa shape index (κ3) is 4.82. The highest BCUT2D eigenvalue weighted by Crippen LogP contribution is 2.31. The minimum absolute atomic E-state index is 0.117. The third-order valence-electron chi connectivity index (χ3n) is 5.66. The number of carbonyl (C=O) groups is 2. The van der Waals surface area contributed by atoms with Crippen molar-refractivity contribution in [3.8, 4) is 5.75 Å². The summed E-state index contributed by atoms with van der Waals surface area (Å²) >= 11 is 1.30. The van der Waals surface area contributed by atoms with Gasteiger partial charge in [-0.25, -0.2) is 18.2 Å². The monoisotopic (exact) mass is 494 g/mol. The molecule has 1 aromatic carbocycles. The van der Waals surface area contributed by atoms with Crippen LogP contribution < -0.4 is 10.1 Å². The van der Waals surface area contributed by atoms with E-state index in [0.29, 0.717) is 49.8 Å². The number of rotatable bonds is 6. The van der Waals surface area contributed by atoms with Gasteiger partial charge < -0.3 is 19.7 Å². The predicted octanol–water partition coefficient (Wildman–Crippen LogP) is 2.46. The summed E-state index contributed by atoms with van der Waals surface area (Å²) in [5, 5.41) is 3.20. The van der Waals surface area contributed by atoms with Gasteiger partial charge in [0, 0.05) is 24.4 Å². The van der Waals surface area contributed by atoms with E-state index in [0.717, 1.165) is 10.6 Å². The number of hydrogen-bond acceptors (Lipinski definition) is 8. The fourth-order valence-corrected chi connectivity index (χ4v) is 6.66. The average molecular weight is 495 g/mol. The van der Waals surface area contributed by atoms with E-state index in [9.17, 15) is 18.0 Å². The molecule has 2 aromatic rings. The topological polar surface area (TPSA) is 118 Å². The van der Waals surface area contributed by atoms with Crippen molar-refractivity contribution >= 4 is 38.5 Å². The van der Waals surface area contributed by atoms with Crippen molar-refractivity contribution < 1.29 is 27.5 Å². The molecule has 1 aromatic heterocycles. The molecule has 33 heavy (non-hydrogen) atoms. The lowest BCUT2D eigenvalue weighted by Gasteiger charge is -2.24. The Hall–Kier alpha value is -2.70. The van der Waals surface area contributed by atoms with Gasteiger partial charge in [0.1, 0.15) is 11.8 Å². The number of aromatic nitrogens is 1. The van der Waals surface area contributed by atoms with E-state index in [1.165, 1.54) is 34.9 Å². The summed E-state index contributed by atoms with van der Waals surface area (Å²) in [4.78, 5) is 32.1. The van der Waals surface area contributed by atoms with E-state index < -0.39 is 22.0 Å². The first-order valence-electron chi connectivity index (χ1n) is 10.7. The van der Waals surface area contributed by atoms with Crippen molar-refractivity contribution in [1.82, 2.24) is 14.2 Å². The number of thiazole rings is 1. The van der Waals surface area contributed by atoms with Gasteiger partial charge in [-0.2, -0.15) is 4.31 Å². The fraction of sp³-hybridized carbons (Fsp3) is 0.476. The van der Waals surface area contributed by atoms with Gasteiger partial charge in [0.2, 0.25) is 15.9 Å². The Morgan fingerprint density at radius 2 is 2.00 bits per heavy atom. The molecule has 2 amide bonds. The number of amides is 2. The molecule has 1 fully saturated rings. The zero-order chi connectivity index (χ0) is 23.6. The Balaban J connectivity index is 1.46. The summed E-state index contributed by atoms with van der Waals surface area (Å²) in [7, 11) is -2.32. The minimum Gasteiger partial charge on any atom is -0.497 e. The Labute approximate surface area is 196 Å². The fourth-order valence-electron chi connectivity index (χ4n) is 3.98. The van der Waals surface area contributed by atoms with Gasteiger partial charge in [-0.05, 0) is 44.0 Å². The molecule has 2 aliphatic rings. The van der Waals surface area contributed by atoms with Gasteiger partial charge >= 0.3 is 6.09 Å². The number of methoxy groups -OCH3 is 1. The third-order valence-corrected chi connectivity index (χ3v) is 8.58. The van der Waals surface area contributed by atoms with Crippen LogP contribution in [0.2, 0.25) is 0 Å². The lowest BCUT2D eigenvalue weighted by molar-refractivity contribution is -0.119. The van der Waals surface area contributed by atoms with Gasteiger partial charge in [0.05, 0.1) is 30.9 Å². The van der Waals surface area contributed by atoms with E-state index in [1.54, 1.807) is 24.0 Å². The first kappa shape index (κ1) is 23.5. The van der Waals surface area contributed by atoms with Crippen molar-refractivity contribution in [3.05, 3.63) is 34.8 Å². The molecule has 1 atom stereocenters. The van der Waals surface area contributed by atoms with Crippen LogP contribution in [-0.4, -0.2) is 67.5 Å². The Morgan fingerprint density at radius 3 is 2.70 bits per heavy atom. The summed E-state index contributed by atoms with van der Waals surface area (Å²) in [6.45, 7) is 3.22. The van der Waals surface area contributed by atoms with E-state index in [-0.39, 0.29) is 17.5 Å². The summed E-state index contributed by atoms with van der Waals surface area (Å²) in [5.41, 5.74) is 0.838. The van der Waals surface area contributed by atoms with Gasteiger partial charge in [-0.3, -0.25) is 4.79 Å². The summed E-state index contributed by atoms with van der Waals surface area (Å²) in [5.74, 6) is 0.150. The van der Waals surface area contributed by atoms with Crippen LogP contribution in [0.3, 0.4) is 0 Å². The first-order chi connectivity index (χ1) is 15.8. The smallest absolute Gasteiger partial charge is 0.410 e. The summed E-state index contributed by atoms with van der Waals surface area (Å²) < 4.78 is 37.7. The van der Waals surface area contributed by atoms with Crippen molar-refractivity contribution in [2.75, 3.05) is 32.1 Å². The van der Waals surface area contributed by atoms with Crippen LogP contribution >= 0.6 is 11.3 Å². The largest absolute Gasteiger partial charge is 0.497 e. The average Bonchev–Trinajstić information content (AvgIpc) is 3.46. The van der Waals surface area contributed by atoms with E-state index in [4.69, 9.17) is 9.47 Å². The van der Waals surface area contributed by atoms with Gasteiger partial charge in [-0.1, -0.05) is 11.3 Å². The van der Waals surface area contributed by atoms with Crippen molar-refractivity contribution in [2.45, 2.75) is 43.7 Å². The Bertz CT molecular complexity index is 1130. The molecule has 12 heteroatoms. The molecule has 2 aliphatic heterocycles. The number of fused-ring (bicyclic) bond motifs is 1. The van der Waals surface area contributed by atoms with Crippen molar-refractivity contribution in [1.29, 1.82) is 0 Å². The van der Waals surface area contributed by atoms with Crippen LogP contribution in [-0.2, 0) is 32.5 Å². The second-order valence-electron chi connectivity index (χ2n) is 7.70. The first-order valence-corrected chi connectivity index (χ1v) is 13.0. The van der Waals surface area contributed by atoms with E-state index in [2.05, 4.69) is 10.3 Å². The molecule has 0 spiro atoms. The Kier molecular flexibility index (Phi) is 6.86. The molecule has 4 rings (SSSR count). The number of benzene rings is 1. The van der Waals surface area contributed by atoms with Gasteiger partial charge in [0.15, 0.2) is 5.13 Å². The highest BCUT2D eigenvalue weighted by molar-refractivity contribution is 7.89. The van der Waals surface area contributed by atoms with Crippen LogP contribution in [0.5, 0.6) is 5.75 Å². The maximum Gasteiger partial charge on any atom is 0.410 e. The number of ether oxygens (including phenoxy) is 2. The van der Waals surface area contributed by atoms with Crippen LogP contribution in [0, 0.1) is 0 Å². The molecule has 0 aliphatic carbocycles. The SMILES string of the molecule is CCOC(=O)N1CCc2nc(NC(=O)C3CCCN3S(=O)(=O)c3ccc(OC)cc3)sc2C1. The number of anilines is 1. The number of carbonyl (C=O) groups excluding carboxylic acids is 2. The molecule has 3 heterocycles. The second kappa shape index (κ2) is 9.65. The molecule has 0 saturated carbocycles. The normalized spacial score (nSPS) is 18.6. The molecular weight excluding hydrogens is 468 g/mol. The lowest BCUT2D eigenvalue weighted by atomic mass is 10.2. The van der Waals surface area contributed by atoms with Crippen LogP contribution in [0.4, 0.5) is 9.93 Å². The number of hydrogen-bond donors (Lipinski definition) is 1. The summed E-state index contributed by atoms with van der Waals surface area (Å²) in [6.07, 6.45) is 1.23. The van der Waals surface area contributed by atoms with Gasteiger partial charge in [-0.15, -0.1) is 0 Å². The van der Waals surface area contributed by atoms with E-state index in [1.807, 2.05) is 0 Å². The standard InChI is InChI=1S/C21H26N4O6S2/c1-3-31-21(27)24-12-10-16-18(13-24)32-20(22-16)23-19(26)17-5-4-11-25(17)33(28,29)15-8-6-14(30-2)7-9-15/h6-9,17H,3-5,10-13H2,1-2H3,(H,22,23,26). The minimum atomic E-state index is -3.83. The second-order valence-corrected chi connectivity index (χ2v) is 10.7.